The highest BCUT2D eigenvalue weighted by Gasteiger charge is 2.33. The van der Waals surface area contributed by atoms with E-state index in [2.05, 4.69) is 10.2 Å². The van der Waals surface area contributed by atoms with Gasteiger partial charge in [-0.05, 0) is 49.4 Å². The van der Waals surface area contributed by atoms with Crippen LogP contribution < -0.4 is 10.2 Å². The molecule has 24 heavy (non-hydrogen) atoms. The zero-order chi connectivity index (χ0) is 17.1. The summed E-state index contributed by atoms with van der Waals surface area (Å²) in [6.07, 6.45) is 2.74. The number of nitrogens with one attached hydrogen (secondary N) is 1. The molecule has 0 bridgehead atoms. The first-order valence-electron chi connectivity index (χ1n) is 8.60. The zero-order valence-electron chi connectivity index (χ0n) is 14.0. The van der Waals surface area contributed by atoms with Crippen LogP contribution in [0.15, 0.2) is 24.3 Å². The number of halogens is 1. The fraction of sp³-hybridized carbons (Fsp3) is 0.556. The third-order valence-electron chi connectivity index (χ3n) is 5.00. The topological polar surface area (TPSA) is 52.7 Å². The van der Waals surface area contributed by atoms with Crippen LogP contribution in [0.25, 0.3) is 0 Å². The smallest absolute Gasteiger partial charge is 0.242 e. The molecule has 1 N–H and O–H groups in total. The molecule has 0 spiro atoms. The van der Waals surface area contributed by atoms with E-state index in [9.17, 15) is 9.59 Å². The highest BCUT2D eigenvalue weighted by atomic mass is 35.5. The van der Waals surface area contributed by atoms with Gasteiger partial charge in [-0.3, -0.25) is 9.59 Å². The molecule has 2 amide bonds. The Bertz CT molecular complexity index is 605. The number of benzene rings is 1. The fourth-order valence-electron chi connectivity index (χ4n) is 3.66. The van der Waals surface area contributed by atoms with Gasteiger partial charge in [0.15, 0.2) is 0 Å². The number of rotatable bonds is 4. The lowest BCUT2D eigenvalue weighted by Gasteiger charge is -2.23. The van der Waals surface area contributed by atoms with Crippen molar-refractivity contribution in [2.45, 2.75) is 32.2 Å². The summed E-state index contributed by atoms with van der Waals surface area (Å²) >= 11 is 5.93. The van der Waals surface area contributed by atoms with E-state index in [1.165, 1.54) is 12.6 Å². The number of anilines is 1. The predicted molar refractivity (Wildman–Crippen MR) is 95.2 cm³/mol. The molecule has 1 aromatic carbocycles. The summed E-state index contributed by atoms with van der Waals surface area (Å²) in [5.74, 6) is 0.423. The molecule has 2 saturated heterocycles. The molecule has 2 heterocycles. The van der Waals surface area contributed by atoms with Crippen LogP contribution in [0.4, 0.5) is 5.69 Å². The van der Waals surface area contributed by atoms with Crippen molar-refractivity contribution in [1.82, 2.24) is 10.2 Å². The van der Waals surface area contributed by atoms with Crippen molar-refractivity contribution in [2.75, 3.05) is 31.1 Å². The van der Waals surface area contributed by atoms with Crippen LogP contribution in [-0.2, 0) is 9.59 Å². The van der Waals surface area contributed by atoms with E-state index in [-0.39, 0.29) is 17.9 Å². The summed E-state index contributed by atoms with van der Waals surface area (Å²) in [6.45, 7) is 4.83. The lowest BCUT2D eigenvalue weighted by Crippen LogP contribution is -2.46. The highest BCUT2D eigenvalue weighted by molar-refractivity contribution is 6.30. The second-order valence-corrected chi connectivity index (χ2v) is 7.13. The quantitative estimate of drug-likeness (QED) is 0.907. The van der Waals surface area contributed by atoms with Crippen LogP contribution in [0.2, 0.25) is 5.02 Å². The average molecular weight is 350 g/mol. The maximum atomic E-state index is 12.4. The monoisotopic (exact) mass is 349 g/mol. The third kappa shape index (κ3) is 3.83. The molecule has 5 nitrogen and oxygen atoms in total. The average Bonchev–Trinajstić information content (AvgIpc) is 3.22. The minimum Gasteiger partial charge on any atom is -0.371 e. The van der Waals surface area contributed by atoms with Crippen LogP contribution in [0, 0.1) is 5.92 Å². The summed E-state index contributed by atoms with van der Waals surface area (Å²) in [5, 5.41) is 3.80. The van der Waals surface area contributed by atoms with Gasteiger partial charge >= 0.3 is 0 Å². The first-order valence-corrected chi connectivity index (χ1v) is 8.98. The molecule has 1 aromatic rings. The molecule has 0 aromatic heterocycles. The van der Waals surface area contributed by atoms with Crippen molar-refractivity contribution in [3.8, 4) is 0 Å². The maximum Gasteiger partial charge on any atom is 0.242 e. The van der Waals surface area contributed by atoms with E-state index in [4.69, 9.17) is 11.6 Å². The second-order valence-electron chi connectivity index (χ2n) is 6.69. The molecule has 0 radical (unpaired) electrons. The van der Waals surface area contributed by atoms with Crippen molar-refractivity contribution in [3.63, 3.8) is 0 Å². The first kappa shape index (κ1) is 17.1. The van der Waals surface area contributed by atoms with Gasteiger partial charge in [-0.25, -0.2) is 0 Å². The molecule has 2 atom stereocenters. The van der Waals surface area contributed by atoms with Crippen LogP contribution in [0.1, 0.15) is 26.2 Å². The van der Waals surface area contributed by atoms with Gasteiger partial charge in [0.1, 0.15) is 6.04 Å². The Balaban J connectivity index is 1.48. The van der Waals surface area contributed by atoms with Gasteiger partial charge in [0.2, 0.25) is 11.8 Å². The normalized spacial score (nSPS) is 23.6. The van der Waals surface area contributed by atoms with Gasteiger partial charge < -0.3 is 15.1 Å². The third-order valence-corrected chi connectivity index (χ3v) is 5.25. The SMILES string of the molecule is CC(=O)N1CCC[C@@H]1C(=O)NC[C@@H]1CCN(c2ccc(Cl)cc2)C1. The number of nitrogens with zero attached hydrogens (tertiary/aromatic N) is 2. The van der Waals surface area contributed by atoms with Gasteiger partial charge in [-0.1, -0.05) is 11.6 Å². The Morgan fingerprint density at radius 2 is 1.96 bits per heavy atom. The minimum atomic E-state index is -0.281. The number of carbonyl (C=O) groups excluding carboxylic acids is 2. The Morgan fingerprint density at radius 1 is 1.21 bits per heavy atom. The Kier molecular flexibility index (Phi) is 5.29. The number of hydrogen-bond donors (Lipinski definition) is 1. The van der Waals surface area contributed by atoms with Crippen molar-refractivity contribution < 1.29 is 9.59 Å². The molecule has 130 valence electrons. The van der Waals surface area contributed by atoms with Crippen molar-refractivity contribution >= 4 is 29.1 Å². The molecular formula is C18H24ClN3O2. The van der Waals surface area contributed by atoms with Crippen LogP contribution in [-0.4, -0.2) is 48.9 Å². The number of hydrogen-bond acceptors (Lipinski definition) is 3. The number of carbonyl (C=O) groups is 2. The van der Waals surface area contributed by atoms with Gasteiger partial charge in [0.25, 0.3) is 0 Å². The Labute approximate surface area is 147 Å². The van der Waals surface area contributed by atoms with E-state index in [0.29, 0.717) is 19.0 Å². The molecule has 0 saturated carbocycles. The summed E-state index contributed by atoms with van der Waals surface area (Å²) in [5.41, 5.74) is 1.17. The number of amides is 2. The van der Waals surface area contributed by atoms with Crippen molar-refractivity contribution in [3.05, 3.63) is 29.3 Å². The molecular weight excluding hydrogens is 326 g/mol. The predicted octanol–water partition coefficient (Wildman–Crippen LogP) is 2.29. The lowest BCUT2D eigenvalue weighted by atomic mass is 10.1. The first-order chi connectivity index (χ1) is 11.5. The molecule has 2 aliphatic rings. The highest BCUT2D eigenvalue weighted by Crippen LogP contribution is 2.25. The molecule has 0 aliphatic carbocycles. The largest absolute Gasteiger partial charge is 0.371 e. The summed E-state index contributed by atoms with van der Waals surface area (Å²) < 4.78 is 0. The molecule has 2 aliphatic heterocycles. The van der Waals surface area contributed by atoms with Crippen LogP contribution in [0.3, 0.4) is 0 Å². The van der Waals surface area contributed by atoms with Gasteiger partial charge in [-0.15, -0.1) is 0 Å². The van der Waals surface area contributed by atoms with Crippen molar-refractivity contribution in [2.24, 2.45) is 5.92 Å². The molecule has 2 fully saturated rings. The summed E-state index contributed by atoms with van der Waals surface area (Å²) in [7, 11) is 0. The summed E-state index contributed by atoms with van der Waals surface area (Å²) in [4.78, 5) is 28.0. The van der Waals surface area contributed by atoms with Crippen molar-refractivity contribution in [1.29, 1.82) is 0 Å². The van der Waals surface area contributed by atoms with Crippen LogP contribution in [0.5, 0.6) is 0 Å². The van der Waals surface area contributed by atoms with Gasteiger partial charge in [0.05, 0.1) is 0 Å². The van der Waals surface area contributed by atoms with Gasteiger partial charge in [-0.2, -0.15) is 0 Å². The lowest BCUT2D eigenvalue weighted by molar-refractivity contribution is -0.136. The standard InChI is InChI=1S/C18H24ClN3O2/c1-13(23)22-9-2-3-17(22)18(24)20-11-14-8-10-21(12-14)16-6-4-15(19)5-7-16/h4-7,14,17H,2-3,8-12H2,1H3,(H,20,24)/t14-,17+/m0/s1. The van der Waals surface area contributed by atoms with Crippen LogP contribution >= 0.6 is 11.6 Å². The maximum absolute atomic E-state index is 12.4. The van der Waals surface area contributed by atoms with E-state index in [0.717, 1.165) is 37.4 Å². The molecule has 3 rings (SSSR count). The Hall–Kier alpha value is -1.75. The Morgan fingerprint density at radius 3 is 2.67 bits per heavy atom. The van der Waals surface area contributed by atoms with E-state index in [1.807, 2.05) is 24.3 Å². The molecule has 6 heteroatoms. The van der Waals surface area contributed by atoms with E-state index >= 15 is 0 Å². The summed E-state index contributed by atoms with van der Waals surface area (Å²) in [6, 6.07) is 7.60. The fourth-order valence-corrected chi connectivity index (χ4v) is 3.79. The van der Waals surface area contributed by atoms with E-state index in [1.54, 1.807) is 4.90 Å². The molecule has 0 unspecified atom stereocenters. The van der Waals surface area contributed by atoms with Gasteiger partial charge in [0, 0.05) is 43.8 Å². The minimum absolute atomic E-state index is 0.00681. The zero-order valence-corrected chi connectivity index (χ0v) is 14.8. The number of likely N-dealkylation sites (tertiary alicyclic amines) is 1. The van der Waals surface area contributed by atoms with E-state index < -0.39 is 0 Å². The second kappa shape index (κ2) is 7.43.